The van der Waals surface area contributed by atoms with Crippen molar-refractivity contribution in [1.29, 1.82) is 0 Å². The molecule has 2 N–H and O–H groups in total. The summed E-state index contributed by atoms with van der Waals surface area (Å²) in [7, 11) is 0. The second kappa shape index (κ2) is 2.82. The summed E-state index contributed by atoms with van der Waals surface area (Å²) in [5.41, 5.74) is 0. The van der Waals surface area contributed by atoms with Gasteiger partial charge in [0.1, 0.15) is 0 Å². The lowest BCUT2D eigenvalue weighted by Crippen LogP contribution is -2.04. The summed E-state index contributed by atoms with van der Waals surface area (Å²) in [5.74, 6) is -0.460. The summed E-state index contributed by atoms with van der Waals surface area (Å²) in [6.07, 6.45) is 0.520. The number of hydrogen-bond donors (Lipinski definition) is 2. The number of aromatic hydroxyl groups is 1. The van der Waals surface area contributed by atoms with Crippen LogP contribution in [0.15, 0.2) is 12.4 Å². The molecule has 0 amide bonds. The van der Waals surface area contributed by atoms with Crippen molar-refractivity contribution >= 4 is 6.16 Å². The molecular formula is C5H4N2O4. The Kier molecular flexibility index (Phi) is 1.86. The third kappa shape index (κ3) is 2.09. The number of nitrogens with zero attached hydrogens (tertiary/aromatic N) is 2. The lowest BCUT2D eigenvalue weighted by molar-refractivity contribution is 0.142. The van der Waals surface area contributed by atoms with Gasteiger partial charge in [-0.15, -0.1) is 0 Å². The highest BCUT2D eigenvalue weighted by atomic mass is 16.7. The summed E-state index contributed by atoms with van der Waals surface area (Å²) in [6.45, 7) is 0. The molecular weight excluding hydrogens is 152 g/mol. The van der Waals surface area contributed by atoms with E-state index in [1.165, 1.54) is 0 Å². The van der Waals surface area contributed by atoms with E-state index in [0.29, 0.717) is 0 Å². The molecule has 0 saturated heterocycles. The second-order valence-electron chi connectivity index (χ2n) is 1.58. The van der Waals surface area contributed by atoms with Crippen LogP contribution in [-0.2, 0) is 0 Å². The van der Waals surface area contributed by atoms with E-state index in [0.717, 1.165) is 12.4 Å². The quantitative estimate of drug-likeness (QED) is 0.565. The van der Waals surface area contributed by atoms with Gasteiger partial charge in [-0.3, -0.25) is 0 Å². The normalized spacial score (nSPS) is 9.09. The molecule has 0 radical (unpaired) electrons. The zero-order valence-corrected chi connectivity index (χ0v) is 5.26. The number of hydrogen-bond acceptors (Lipinski definition) is 5. The molecule has 0 aliphatic carbocycles. The highest BCUT2D eigenvalue weighted by Gasteiger charge is 2.01. The van der Waals surface area contributed by atoms with Crippen LogP contribution >= 0.6 is 0 Å². The maximum absolute atomic E-state index is 9.90. The van der Waals surface area contributed by atoms with E-state index < -0.39 is 6.16 Å². The number of rotatable bonds is 1. The molecule has 0 saturated carbocycles. The molecule has 0 unspecified atom stereocenters. The van der Waals surface area contributed by atoms with Gasteiger partial charge in [0.25, 0.3) is 0 Å². The minimum atomic E-state index is -1.47. The standard InChI is InChI=1S/C5H4N2O4/c8-3-1-7-4(2-6-3)11-5(9)10/h1-2H,(H,6,8)(H,9,10). The summed E-state index contributed by atoms with van der Waals surface area (Å²) in [6, 6.07) is 0. The third-order valence-corrected chi connectivity index (χ3v) is 0.806. The van der Waals surface area contributed by atoms with Gasteiger partial charge < -0.3 is 14.9 Å². The molecule has 1 aromatic rings. The summed E-state index contributed by atoms with van der Waals surface area (Å²) < 4.78 is 4.10. The van der Waals surface area contributed by atoms with Crippen molar-refractivity contribution in [3.8, 4) is 11.8 Å². The zero-order valence-electron chi connectivity index (χ0n) is 5.26. The van der Waals surface area contributed by atoms with Gasteiger partial charge in [-0.25, -0.2) is 14.8 Å². The molecule has 58 valence electrons. The molecule has 0 aromatic carbocycles. The first-order valence-electron chi connectivity index (χ1n) is 2.60. The first-order valence-corrected chi connectivity index (χ1v) is 2.60. The Hall–Kier alpha value is -1.85. The molecule has 1 rings (SSSR count). The van der Waals surface area contributed by atoms with Gasteiger partial charge in [-0.2, -0.15) is 0 Å². The minimum Gasteiger partial charge on any atom is -0.492 e. The smallest absolute Gasteiger partial charge is 0.492 e. The van der Waals surface area contributed by atoms with Crippen molar-refractivity contribution in [2.75, 3.05) is 0 Å². The summed E-state index contributed by atoms with van der Waals surface area (Å²) in [4.78, 5) is 16.6. The first kappa shape index (κ1) is 7.26. The Labute approximate surface area is 61.1 Å². The van der Waals surface area contributed by atoms with E-state index in [-0.39, 0.29) is 11.8 Å². The van der Waals surface area contributed by atoms with Crippen molar-refractivity contribution in [2.45, 2.75) is 0 Å². The lowest BCUT2D eigenvalue weighted by Gasteiger charge is -1.95. The van der Waals surface area contributed by atoms with Crippen LogP contribution in [0.3, 0.4) is 0 Å². The van der Waals surface area contributed by atoms with Crippen LogP contribution < -0.4 is 4.74 Å². The van der Waals surface area contributed by atoms with E-state index in [9.17, 15) is 4.79 Å². The molecule has 0 bridgehead atoms. The zero-order chi connectivity index (χ0) is 8.27. The van der Waals surface area contributed by atoms with Crippen molar-refractivity contribution in [2.24, 2.45) is 0 Å². The van der Waals surface area contributed by atoms with Crippen molar-refractivity contribution in [3.63, 3.8) is 0 Å². The molecule has 0 spiro atoms. The first-order chi connectivity index (χ1) is 5.18. The number of carboxylic acid groups (broad SMARTS) is 1. The maximum atomic E-state index is 9.90. The molecule has 6 heteroatoms. The number of aromatic nitrogens is 2. The fraction of sp³-hybridized carbons (Fsp3) is 0. The van der Waals surface area contributed by atoms with Crippen LogP contribution in [0.5, 0.6) is 11.8 Å². The van der Waals surface area contributed by atoms with Gasteiger partial charge in [0, 0.05) is 0 Å². The third-order valence-electron chi connectivity index (χ3n) is 0.806. The average molecular weight is 156 g/mol. The van der Waals surface area contributed by atoms with Gasteiger partial charge >= 0.3 is 6.16 Å². The molecule has 11 heavy (non-hydrogen) atoms. The van der Waals surface area contributed by atoms with Gasteiger partial charge in [-0.05, 0) is 0 Å². The van der Waals surface area contributed by atoms with E-state index >= 15 is 0 Å². The van der Waals surface area contributed by atoms with Crippen LogP contribution in [0, 0.1) is 0 Å². The largest absolute Gasteiger partial charge is 0.512 e. The van der Waals surface area contributed by atoms with Gasteiger partial charge in [0.2, 0.25) is 11.8 Å². The Morgan fingerprint density at radius 1 is 1.45 bits per heavy atom. The summed E-state index contributed by atoms with van der Waals surface area (Å²) in [5, 5.41) is 16.7. The van der Waals surface area contributed by atoms with Gasteiger partial charge in [-0.1, -0.05) is 0 Å². The predicted octanol–water partition coefficient (Wildman–Crippen LogP) is 0.239. The van der Waals surface area contributed by atoms with Crippen LogP contribution in [0.2, 0.25) is 0 Å². The Morgan fingerprint density at radius 2 is 2.18 bits per heavy atom. The maximum Gasteiger partial charge on any atom is 0.512 e. The van der Waals surface area contributed by atoms with Crippen LogP contribution in [0.25, 0.3) is 0 Å². The summed E-state index contributed by atoms with van der Waals surface area (Å²) >= 11 is 0. The minimum absolute atomic E-state index is 0.171. The van der Waals surface area contributed by atoms with Crippen molar-refractivity contribution in [3.05, 3.63) is 12.4 Å². The Morgan fingerprint density at radius 3 is 2.64 bits per heavy atom. The Bertz CT molecular complexity index is 258. The van der Waals surface area contributed by atoms with E-state index in [1.54, 1.807) is 0 Å². The molecule has 1 heterocycles. The fourth-order valence-electron chi connectivity index (χ4n) is 0.452. The molecule has 0 aliphatic heterocycles. The van der Waals surface area contributed by atoms with Crippen LogP contribution in [0.1, 0.15) is 0 Å². The average Bonchev–Trinajstić information content (AvgIpc) is 1.93. The Balaban J connectivity index is 2.74. The van der Waals surface area contributed by atoms with E-state index in [1.807, 2.05) is 0 Å². The molecule has 0 fully saturated rings. The van der Waals surface area contributed by atoms with Crippen molar-refractivity contribution < 1.29 is 19.7 Å². The highest BCUT2D eigenvalue weighted by molar-refractivity contribution is 5.60. The number of ether oxygens (including phenoxy) is 1. The molecule has 0 atom stereocenters. The second-order valence-corrected chi connectivity index (χ2v) is 1.58. The van der Waals surface area contributed by atoms with E-state index in [4.69, 9.17) is 10.2 Å². The highest BCUT2D eigenvalue weighted by Crippen LogP contribution is 2.06. The number of carbonyl (C=O) groups is 1. The SMILES string of the molecule is O=C(O)Oc1cnc(O)cn1. The molecule has 1 aromatic heterocycles. The van der Waals surface area contributed by atoms with E-state index in [2.05, 4.69) is 14.7 Å². The van der Waals surface area contributed by atoms with Gasteiger partial charge in [0.05, 0.1) is 12.4 Å². The van der Waals surface area contributed by atoms with Crippen LogP contribution in [0.4, 0.5) is 4.79 Å². The predicted molar refractivity (Wildman–Crippen MR) is 32.3 cm³/mol. The lowest BCUT2D eigenvalue weighted by atomic mass is 10.7. The fourth-order valence-corrected chi connectivity index (χ4v) is 0.452. The molecule has 6 nitrogen and oxygen atoms in total. The van der Waals surface area contributed by atoms with Gasteiger partial charge in [0.15, 0.2) is 0 Å². The monoisotopic (exact) mass is 156 g/mol. The van der Waals surface area contributed by atoms with Crippen molar-refractivity contribution in [1.82, 2.24) is 9.97 Å². The molecule has 0 aliphatic rings. The topological polar surface area (TPSA) is 92.5 Å². The van der Waals surface area contributed by atoms with Crippen LogP contribution in [-0.4, -0.2) is 26.3 Å².